The number of carbonyl (C=O) groups is 1. The summed E-state index contributed by atoms with van der Waals surface area (Å²) in [6.07, 6.45) is 0.0484. The molecule has 33 heavy (non-hydrogen) atoms. The van der Waals surface area contributed by atoms with Crippen molar-refractivity contribution in [3.8, 4) is 5.75 Å². The number of aliphatic carboxylic acids is 1. The SMILES string of the molecule is CN1/C(=C\P(=S)(Oc2ccc(C=CC(=O)O)cc2)c2ccccc2)C(C)(C)c2ccccc21. The van der Waals surface area contributed by atoms with Crippen LogP contribution in [0.25, 0.3) is 6.08 Å². The van der Waals surface area contributed by atoms with Crippen molar-refractivity contribution in [2.75, 3.05) is 11.9 Å². The third-order valence-corrected chi connectivity index (χ3v) is 9.15. The Hall–Kier alpha value is -3.14. The van der Waals surface area contributed by atoms with E-state index in [1.54, 1.807) is 6.08 Å². The van der Waals surface area contributed by atoms with Crippen LogP contribution < -0.4 is 14.7 Å². The number of carboxylic acid groups (broad SMARTS) is 1. The van der Waals surface area contributed by atoms with Gasteiger partial charge in [0.1, 0.15) is 5.75 Å². The number of allylic oxidation sites excluding steroid dienone is 1. The lowest BCUT2D eigenvalue weighted by molar-refractivity contribution is -0.131. The molecule has 1 unspecified atom stereocenters. The normalized spacial score (nSPS) is 17.7. The lowest BCUT2D eigenvalue weighted by Gasteiger charge is -2.28. The Morgan fingerprint density at radius 3 is 2.27 bits per heavy atom. The van der Waals surface area contributed by atoms with Crippen molar-refractivity contribution in [3.05, 3.63) is 108 Å². The van der Waals surface area contributed by atoms with Gasteiger partial charge >= 0.3 is 5.97 Å². The standard InChI is InChI=1S/C27H26NO3PS/c1-27(2)23-11-7-8-12-24(23)28(3)25(27)19-32(33,22-9-5-4-6-10-22)31-21-16-13-20(14-17-21)15-18-26(29)30/h4-19H,1-3H3,(H,29,30)/b18-15?,25-19-. The van der Waals surface area contributed by atoms with E-state index < -0.39 is 12.2 Å². The highest BCUT2D eigenvalue weighted by molar-refractivity contribution is 8.17. The van der Waals surface area contributed by atoms with Crippen molar-refractivity contribution >= 4 is 41.1 Å². The van der Waals surface area contributed by atoms with Gasteiger partial charge in [-0.25, -0.2) is 4.79 Å². The zero-order valence-corrected chi connectivity index (χ0v) is 20.5. The maximum atomic E-state index is 10.8. The van der Waals surface area contributed by atoms with Crippen molar-refractivity contribution in [1.29, 1.82) is 0 Å². The van der Waals surface area contributed by atoms with Crippen LogP contribution in [0.1, 0.15) is 25.0 Å². The first-order valence-corrected chi connectivity index (χ1v) is 13.4. The molecule has 1 aliphatic heterocycles. The number of anilines is 1. The summed E-state index contributed by atoms with van der Waals surface area (Å²) in [4.78, 5) is 13.0. The lowest BCUT2D eigenvalue weighted by atomic mass is 9.84. The Morgan fingerprint density at radius 1 is 1.00 bits per heavy atom. The van der Waals surface area contributed by atoms with Crippen LogP contribution in [0.4, 0.5) is 5.69 Å². The summed E-state index contributed by atoms with van der Waals surface area (Å²) >= 11 is 6.27. The van der Waals surface area contributed by atoms with E-state index in [-0.39, 0.29) is 5.41 Å². The Labute approximate surface area is 199 Å². The van der Waals surface area contributed by atoms with E-state index in [2.05, 4.69) is 55.9 Å². The monoisotopic (exact) mass is 475 g/mol. The molecule has 3 aromatic carbocycles. The quantitative estimate of drug-likeness (QED) is 0.342. The molecule has 0 amide bonds. The van der Waals surface area contributed by atoms with Crippen molar-refractivity contribution in [1.82, 2.24) is 0 Å². The number of rotatable bonds is 6. The van der Waals surface area contributed by atoms with E-state index in [1.165, 1.54) is 11.3 Å². The van der Waals surface area contributed by atoms with Gasteiger partial charge in [0.2, 0.25) is 0 Å². The highest BCUT2D eigenvalue weighted by Crippen LogP contribution is 2.55. The summed E-state index contributed by atoms with van der Waals surface area (Å²) in [5, 5.41) is 9.82. The van der Waals surface area contributed by atoms with Gasteiger partial charge in [0.05, 0.1) is 0 Å². The molecular formula is C27H26NO3PS. The van der Waals surface area contributed by atoms with Crippen LogP contribution in [-0.2, 0) is 22.0 Å². The number of carboxylic acids is 1. The van der Waals surface area contributed by atoms with Crippen molar-refractivity contribution in [3.63, 3.8) is 0 Å². The van der Waals surface area contributed by atoms with Crippen LogP contribution in [0.15, 0.2) is 96.5 Å². The van der Waals surface area contributed by atoms with Crippen molar-refractivity contribution < 1.29 is 14.4 Å². The molecule has 0 bridgehead atoms. The second kappa shape index (κ2) is 9.01. The van der Waals surface area contributed by atoms with Gasteiger partial charge in [0.25, 0.3) is 0 Å². The fourth-order valence-corrected chi connectivity index (χ4v) is 7.21. The molecule has 0 aromatic heterocycles. The molecule has 168 valence electrons. The van der Waals surface area contributed by atoms with E-state index in [1.807, 2.05) is 54.6 Å². The van der Waals surface area contributed by atoms with Crippen molar-refractivity contribution in [2.24, 2.45) is 0 Å². The van der Waals surface area contributed by atoms with Gasteiger partial charge in [-0.2, -0.15) is 0 Å². The fraction of sp³-hybridized carbons (Fsp3) is 0.148. The van der Waals surface area contributed by atoms with Gasteiger partial charge in [-0.05, 0) is 47.2 Å². The summed E-state index contributed by atoms with van der Waals surface area (Å²) in [7, 11) is 2.08. The summed E-state index contributed by atoms with van der Waals surface area (Å²) in [6.45, 7) is 4.44. The zero-order valence-electron chi connectivity index (χ0n) is 18.8. The summed E-state index contributed by atoms with van der Waals surface area (Å²) in [6, 6.07) is 25.7. The minimum absolute atomic E-state index is 0.209. The maximum Gasteiger partial charge on any atom is 0.328 e. The van der Waals surface area contributed by atoms with Crippen molar-refractivity contribution in [2.45, 2.75) is 19.3 Å². The number of benzene rings is 3. The van der Waals surface area contributed by atoms with Gasteiger partial charge in [-0.3, -0.25) is 0 Å². The number of fused-ring (bicyclic) bond motifs is 1. The average molecular weight is 476 g/mol. The van der Waals surface area contributed by atoms with Gasteiger partial charge in [-0.1, -0.05) is 74.5 Å². The van der Waals surface area contributed by atoms with E-state index in [0.717, 1.165) is 22.6 Å². The first-order chi connectivity index (χ1) is 15.7. The molecule has 4 nitrogen and oxygen atoms in total. The number of nitrogens with zero attached hydrogens (tertiary/aromatic N) is 1. The maximum absolute atomic E-state index is 10.8. The molecule has 1 heterocycles. The molecule has 3 aromatic rings. The van der Waals surface area contributed by atoms with Crippen LogP contribution in [0.5, 0.6) is 5.75 Å². The molecule has 0 saturated heterocycles. The van der Waals surface area contributed by atoms with Crippen LogP contribution in [0.3, 0.4) is 0 Å². The minimum Gasteiger partial charge on any atom is -0.478 e. The Kier molecular flexibility index (Phi) is 6.29. The van der Waals surface area contributed by atoms with E-state index in [9.17, 15) is 4.79 Å². The van der Waals surface area contributed by atoms with Crippen LogP contribution in [0.2, 0.25) is 0 Å². The largest absolute Gasteiger partial charge is 0.478 e. The molecular weight excluding hydrogens is 449 g/mol. The molecule has 0 saturated carbocycles. The zero-order chi connectivity index (χ0) is 23.6. The molecule has 4 rings (SSSR count). The third-order valence-electron chi connectivity index (χ3n) is 5.89. The first kappa shape index (κ1) is 23.0. The molecule has 0 aliphatic carbocycles. The summed E-state index contributed by atoms with van der Waals surface area (Å²) in [5.41, 5.74) is 4.14. The fourth-order valence-electron chi connectivity index (χ4n) is 4.14. The van der Waals surface area contributed by atoms with Gasteiger partial charge < -0.3 is 14.5 Å². The lowest BCUT2D eigenvalue weighted by Crippen LogP contribution is -2.24. The molecule has 0 radical (unpaired) electrons. The summed E-state index contributed by atoms with van der Waals surface area (Å²) in [5.74, 6) is 1.82. The van der Waals surface area contributed by atoms with Crippen LogP contribution >= 0.6 is 6.26 Å². The minimum atomic E-state index is -2.62. The predicted molar refractivity (Wildman–Crippen MR) is 140 cm³/mol. The first-order valence-electron chi connectivity index (χ1n) is 10.6. The topological polar surface area (TPSA) is 49.8 Å². The van der Waals surface area contributed by atoms with E-state index >= 15 is 0 Å². The Morgan fingerprint density at radius 2 is 1.64 bits per heavy atom. The Bertz CT molecular complexity index is 1280. The highest BCUT2D eigenvalue weighted by atomic mass is 32.4. The third kappa shape index (κ3) is 4.66. The Balaban J connectivity index is 1.75. The van der Waals surface area contributed by atoms with Gasteiger partial charge in [0.15, 0.2) is 6.26 Å². The highest BCUT2D eigenvalue weighted by Gasteiger charge is 2.40. The molecule has 6 heteroatoms. The predicted octanol–water partition coefficient (Wildman–Crippen LogP) is 6.15. The molecule has 0 fully saturated rings. The average Bonchev–Trinajstić information content (AvgIpc) is 3.00. The number of hydrogen-bond donors (Lipinski definition) is 1. The second-order valence-electron chi connectivity index (χ2n) is 8.48. The number of para-hydroxylation sites is 1. The van der Waals surface area contributed by atoms with Crippen LogP contribution in [-0.4, -0.2) is 18.1 Å². The van der Waals surface area contributed by atoms with Crippen LogP contribution in [0, 0.1) is 0 Å². The molecule has 1 aliphatic rings. The van der Waals surface area contributed by atoms with Gasteiger partial charge in [-0.15, -0.1) is 0 Å². The van der Waals surface area contributed by atoms with E-state index in [4.69, 9.17) is 21.4 Å². The van der Waals surface area contributed by atoms with E-state index in [0.29, 0.717) is 5.75 Å². The smallest absolute Gasteiger partial charge is 0.328 e. The number of likely N-dealkylation sites (N-methyl/N-ethyl adjacent to an activating group) is 1. The number of hydrogen-bond acceptors (Lipinski definition) is 4. The second-order valence-corrected chi connectivity index (χ2v) is 12.3. The molecule has 0 spiro atoms. The summed E-state index contributed by atoms with van der Waals surface area (Å²) < 4.78 is 6.55. The molecule has 1 N–H and O–H groups in total. The molecule has 1 atom stereocenters. The van der Waals surface area contributed by atoms with Gasteiger partial charge in [0, 0.05) is 41.0 Å².